The first-order valence-corrected chi connectivity index (χ1v) is 7.90. The summed E-state index contributed by atoms with van der Waals surface area (Å²) in [7, 11) is 0. The van der Waals surface area contributed by atoms with E-state index in [0.717, 1.165) is 17.5 Å². The molecular weight excluding hydrogens is 291 g/mol. The summed E-state index contributed by atoms with van der Waals surface area (Å²) in [6.45, 7) is 2.90. The van der Waals surface area contributed by atoms with Gasteiger partial charge in [0.25, 0.3) is 0 Å². The standard InChI is InChI=1S/C19H21FN2O/c1-2-23-19-8-7-15(20)10-17(19)13(11-21)9-14-12-22-18-6-4-3-5-16(14)18/h3-8,10,12-13,22H,2,9,11,21H2,1H3. The van der Waals surface area contributed by atoms with Crippen LogP contribution in [-0.2, 0) is 6.42 Å². The number of hydrogen-bond acceptors (Lipinski definition) is 2. The molecule has 0 saturated carbocycles. The average molecular weight is 312 g/mol. The van der Waals surface area contributed by atoms with Gasteiger partial charge in [-0.15, -0.1) is 0 Å². The Kier molecular flexibility index (Phi) is 4.63. The fourth-order valence-corrected chi connectivity index (χ4v) is 3.01. The number of aromatic amines is 1. The molecule has 2 aromatic carbocycles. The van der Waals surface area contributed by atoms with Crippen LogP contribution in [0, 0.1) is 5.82 Å². The van der Waals surface area contributed by atoms with E-state index in [9.17, 15) is 4.39 Å². The first-order valence-electron chi connectivity index (χ1n) is 7.90. The van der Waals surface area contributed by atoms with Crippen molar-refractivity contribution < 1.29 is 9.13 Å². The van der Waals surface area contributed by atoms with Crippen molar-refractivity contribution in [1.82, 2.24) is 4.98 Å². The third kappa shape index (κ3) is 3.22. The van der Waals surface area contributed by atoms with E-state index in [-0.39, 0.29) is 11.7 Å². The Morgan fingerprint density at radius 1 is 1.22 bits per heavy atom. The molecule has 3 N–H and O–H groups in total. The minimum atomic E-state index is -0.263. The Hall–Kier alpha value is -2.33. The van der Waals surface area contributed by atoms with Crippen molar-refractivity contribution in [3.05, 3.63) is 65.6 Å². The van der Waals surface area contributed by atoms with Crippen LogP contribution in [0.25, 0.3) is 10.9 Å². The van der Waals surface area contributed by atoms with E-state index in [4.69, 9.17) is 10.5 Å². The van der Waals surface area contributed by atoms with Gasteiger partial charge < -0.3 is 15.5 Å². The molecule has 1 unspecified atom stereocenters. The van der Waals surface area contributed by atoms with Crippen molar-refractivity contribution in [3.63, 3.8) is 0 Å². The fraction of sp³-hybridized carbons (Fsp3) is 0.263. The molecule has 0 radical (unpaired) electrons. The number of halogens is 1. The van der Waals surface area contributed by atoms with Crippen LogP contribution in [0.3, 0.4) is 0 Å². The van der Waals surface area contributed by atoms with Crippen LogP contribution < -0.4 is 10.5 Å². The summed E-state index contributed by atoms with van der Waals surface area (Å²) >= 11 is 0. The molecule has 1 aromatic heterocycles. The number of para-hydroxylation sites is 1. The smallest absolute Gasteiger partial charge is 0.123 e. The van der Waals surface area contributed by atoms with E-state index in [2.05, 4.69) is 11.1 Å². The van der Waals surface area contributed by atoms with E-state index in [1.165, 1.54) is 23.1 Å². The first kappa shape index (κ1) is 15.6. The Morgan fingerprint density at radius 3 is 2.83 bits per heavy atom. The second-order valence-corrected chi connectivity index (χ2v) is 5.61. The zero-order valence-electron chi connectivity index (χ0n) is 13.2. The van der Waals surface area contributed by atoms with Gasteiger partial charge in [-0.1, -0.05) is 18.2 Å². The molecule has 23 heavy (non-hydrogen) atoms. The molecule has 0 aliphatic carbocycles. The third-order valence-electron chi connectivity index (χ3n) is 4.14. The minimum Gasteiger partial charge on any atom is -0.494 e. The molecule has 120 valence electrons. The number of ether oxygens (including phenoxy) is 1. The van der Waals surface area contributed by atoms with Gasteiger partial charge in [0.1, 0.15) is 11.6 Å². The molecule has 3 aromatic rings. The molecule has 4 heteroatoms. The lowest BCUT2D eigenvalue weighted by Crippen LogP contribution is -2.16. The molecule has 0 spiro atoms. The van der Waals surface area contributed by atoms with Crippen LogP contribution in [0.15, 0.2) is 48.7 Å². The van der Waals surface area contributed by atoms with Crippen LogP contribution in [0.1, 0.15) is 24.0 Å². The van der Waals surface area contributed by atoms with Crippen molar-refractivity contribution >= 4 is 10.9 Å². The maximum Gasteiger partial charge on any atom is 0.123 e. The molecular formula is C19H21FN2O. The minimum absolute atomic E-state index is 0.00598. The lowest BCUT2D eigenvalue weighted by Gasteiger charge is -2.19. The van der Waals surface area contributed by atoms with Crippen LogP contribution >= 0.6 is 0 Å². The molecule has 0 aliphatic rings. The SMILES string of the molecule is CCOc1ccc(F)cc1C(CN)Cc1c[nH]c2ccccc12. The molecule has 0 amide bonds. The van der Waals surface area contributed by atoms with E-state index in [1.54, 1.807) is 6.07 Å². The lowest BCUT2D eigenvalue weighted by molar-refractivity contribution is 0.333. The maximum atomic E-state index is 13.7. The van der Waals surface area contributed by atoms with Gasteiger partial charge in [0.2, 0.25) is 0 Å². The molecule has 0 saturated heterocycles. The van der Waals surface area contributed by atoms with Crippen molar-refractivity contribution in [2.75, 3.05) is 13.2 Å². The van der Waals surface area contributed by atoms with Gasteiger partial charge in [-0.3, -0.25) is 0 Å². The van der Waals surface area contributed by atoms with Crippen molar-refractivity contribution in [3.8, 4) is 5.75 Å². The van der Waals surface area contributed by atoms with Gasteiger partial charge in [0.15, 0.2) is 0 Å². The third-order valence-corrected chi connectivity index (χ3v) is 4.14. The number of benzene rings is 2. The predicted octanol–water partition coefficient (Wildman–Crippen LogP) is 3.99. The predicted molar refractivity (Wildman–Crippen MR) is 91.4 cm³/mol. The van der Waals surface area contributed by atoms with E-state index in [1.807, 2.05) is 31.3 Å². The Labute approximate surface area is 135 Å². The number of H-pyrrole nitrogens is 1. The van der Waals surface area contributed by atoms with Crippen molar-refractivity contribution in [1.29, 1.82) is 0 Å². The number of fused-ring (bicyclic) bond motifs is 1. The van der Waals surface area contributed by atoms with Crippen molar-refractivity contribution in [2.24, 2.45) is 5.73 Å². The summed E-state index contributed by atoms with van der Waals surface area (Å²) in [5, 5.41) is 1.18. The second kappa shape index (κ2) is 6.84. The van der Waals surface area contributed by atoms with E-state index >= 15 is 0 Å². The number of hydrogen-bond donors (Lipinski definition) is 2. The highest BCUT2D eigenvalue weighted by Crippen LogP contribution is 2.31. The van der Waals surface area contributed by atoms with Gasteiger partial charge in [-0.25, -0.2) is 4.39 Å². The monoisotopic (exact) mass is 312 g/mol. The average Bonchev–Trinajstić information content (AvgIpc) is 2.98. The van der Waals surface area contributed by atoms with Gasteiger partial charge in [-0.05, 0) is 49.7 Å². The number of nitrogens with two attached hydrogens (primary N) is 1. The highest BCUT2D eigenvalue weighted by molar-refractivity contribution is 5.83. The quantitative estimate of drug-likeness (QED) is 0.723. The van der Waals surface area contributed by atoms with Crippen LogP contribution in [0.4, 0.5) is 4.39 Å². The normalized spacial score (nSPS) is 12.5. The molecule has 3 nitrogen and oxygen atoms in total. The van der Waals surface area contributed by atoms with Gasteiger partial charge in [0, 0.05) is 28.6 Å². The van der Waals surface area contributed by atoms with Crippen LogP contribution in [0.5, 0.6) is 5.75 Å². The highest BCUT2D eigenvalue weighted by atomic mass is 19.1. The van der Waals surface area contributed by atoms with Crippen LogP contribution in [-0.4, -0.2) is 18.1 Å². The molecule has 1 atom stereocenters. The Bertz CT molecular complexity index is 797. The molecule has 3 rings (SSSR count). The van der Waals surface area contributed by atoms with E-state index < -0.39 is 0 Å². The molecule has 0 bridgehead atoms. The van der Waals surface area contributed by atoms with Gasteiger partial charge in [0.05, 0.1) is 6.61 Å². The zero-order chi connectivity index (χ0) is 16.2. The largest absolute Gasteiger partial charge is 0.494 e. The summed E-state index contributed by atoms with van der Waals surface area (Å²) in [5.41, 5.74) is 9.11. The lowest BCUT2D eigenvalue weighted by atomic mass is 9.91. The summed E-state index contributed by atoms with van der Waals surface area (Å²) < 4.78 is 19.4. The molecule has 1 heterocycles. The first-order chi connectivity index (χ1) is 11.2. The molecule has 0 fully saturated rings. The Morgan fingerprint density at radius 2 is 2.04 bits per heavy atom. The number of rotatable bonds is 6. The summed E-state index contributed by atoms with van der Waals surface area (Å²) in [5.74, 6) is 0.455. The fourth-order valence-electron chi connectivity index (χ4n) is 3.01. The number of aromatic nitrogens is 1. The van der Waals surface area contributed by atoms with E-state index in [0.29, 0.717) is 18.9 Å². The molecule has 0 aliphatic heterocycles. The Balaban J connectivity index is 1.95. The summed E-state index contributed by atoms with van der Waals surface area (Å²) in [6.07, 6.45) is 2.75. The van der Waals surface area contributed by atoms with Gasteiger partial charge in [-0.2, -0.15) is 0 Å². The summed E-state index contributed by atoms with van der Waals surface area (Å²) in [4.78, 5) is 3.27. The number of nitrogens with one attached hydrogen (secondary N) is 1. The second-order valence-electron chi connectivity index (χ2n) is 5.61. The zero-order valence-corrected chi connectivity index (χ0v) is 13.2. The van der Waals surface area contributed by atoms with Crippen molar-refractivity contribution in [2.45, 2.75) is 19.3 Å². The maximum absolute atomic E-state index is 13.7. The topological polar surface area (TPSA) is 51.0 Å². The highest BCUT2D eigenvalue weighted by Gasteiger charge is 2.18. The van der Waals surface area contributed by atoms with Crippen LogP contribution in [0.2, 0.25) is 0 Å². The summed E-state index contributed by atoms with van der Waals surface area (Å²) in [6, 6.07) is 12.8. The van der Waals surface area contributed by atoms with Gasteiger partial charge >= 0.3 is 0 Å².